The molecule has 1 aromatic heterocycles. The van der Waals surface area contributed by atoms with Gasteiger partial charge >= 0.3 is 0 Å². The molecule has 20 heavy (non-hydrogen) atoms. The maximum atomic E-state index is 11.4. The molecule has 2 rings (SSSR count). The smallest absolute Gasteiger partial charge is 0.163 e. The van der Waals surface area contributed by atoms with Gasteiger partial charge in [0, 0.05) is 13.0 Å². The molecule has 5 heteroatoms. The number of aryl methyl sites for hydroxylation is 1. The minimum atomic E-state index is -1.12. The highest BCUT2D eigenvalue weighted by Crippen LogP contribution is 2.52. The third-order valence-electron chi connectivity index (χ3n) is 4.06. The maximum Gasteiger partial charge on any atom is 0.163 e. The van der Waals surface area contributed by atoms with E-state index in [2.05, 4.69) is 12.0 Å². The molecular weight excluding hydrogens is 256 g/mol. The zero-order valence-electron chi connectivity index (χ0n) is 13.4. The molecule has 1 aromatic rings. The van der Waals surface area contributed by atoms with Crippen molar-refractivity contribution in [1.82, 2.24) is 9.78 Å². The lowest BCUT2D eigenvalue weighted by atomic mass is 9.79. The van der Waals surface area contributed by atoms with Crippen molar-refractivity contribution in [1.29, 1.82) is 0 Å². The molecule has 0 bridgehead atoms. The first-order valence-corrected chi connectivity index (χ1v) is 7.20. The maximum absolute atomic E-state index is 11.4. The lowest BCUT2D eigenvalue weighted by Gasteiger charge is -2.35. The molecule has 0 aromatic carbocycles. The molecule has 5 nitrogen and oxygen atoms in total. The fourth-order valence-corrected chi connectivity index (χ4v) is 3.33. The van der Waals surface area contributed by atoms with E-state index in [1.807, 2.05) is 32.4 Å². The highest BCUT2D eigenvalue weighted by molar-refractivity contribution is 5.35. The van der Waals surface area contributed by atoms with Crippen LogP contribution < -0.4 is 4.74 Å². The number of ether oxygens (including phenoxy) is 2. The molecule has 1 atom stereocenters. The molecule has 114 valence electrons. The van der Waals surface area contributed by atoms with Gasteiger partial charge in [0.15, 0.2) is 5.75 Å². The van der Waals surface area contributed by atoms with E-state index in [4.69, 9.17) is 9.47 Å². The van der Waals surface area contributed by atoms with Crippen molar-refractivity contribution >= 4 is 0 Å². The summed E-state index contributed by atoms with van der Waals surface area (Å²) in [5.74, 6) is 0.621. The van der Waals surface area contributed by atoms with E-state index >= 15 is 0 Å². The van der Waals surface area contributed by atoms with Crippen molar-refractivity contribution < 1.29 is 14.6 Å². The molecule has 1 fully saturated rings. The van der Waals surface area contributed by atoms with Gasteiger partial charge in [-0.15, -0.1) is 0 Å². The summed E-state index contributed by atoms with van der Waals surface area (Å²) in [5, 5.41) is 15.7. The highest BCUT2D eigenvalue weighted by atomic mass is 16.6. The largest absolute Gasteiger partial charge is 0.493 e. The molecule has 0 amide bonds. The van der Waals surface area contributed by atoms with Crippen LogP contribution in [0.3, 0.4) is 0 Å². The minimum Gasteiger partial charge on any atom is -0.493 e. The molecule has 0 saturated carbocycles. The molecular formula is C15H26N2O3. The lowest BCUT2D eigenvalue weighted by molar-refractivity contribution is -0.133. The van der Waals surface area contributed by atoms with Gasteiger partial charge in [0.2, 0.25) is 0 Å². The van der Waals surface area contributed by atoms with Crippen LogP contribution in [0.2, 0.25) is 0 Å². The van der Waals surface area contributed by atoms with Crippen LogP contribution in [-0.2, 0) is 16.9 Å². The van der Waals surface area contributed by atoms with Crippen LogP contribution in [0.5, 0.6) is 5.75 Å². The van der Waals surface area contributed by atoms with Gasteiger partial charge in [-0.1, -0.05) is 6.92 Å². The Hall–Kier alpha value is -1.07. The third-order valence-corrected chi connectivity index (χ3v) is 4.06. The fourth-order valence-electron chi connectivity index (χ4n) is 3.33. The molecule has 1 N–H and O–H groups in total. The second kappa shape index (κ2) is 4.74. The fraction of sp³-hybridized carbons (Fsp3) is 0.800. The first kappa shape index (κ1) is 15.3. The number of aliphatic hydroxyl groups is 1. The van der Waals surface area contributed by atoms with Crippen LogP contribution in [0.1, 0.15) is 53.2 Å². The van der Waals surface area contributed by atoms with Gasteiger partial charge in [0.25, 0.3) is 0 Å². The van der Waals surface area contributed by atoms with Gasteiger partial charge in [-0.2, -0.15) is 5.10 Å². The van der Waals surface area contributed by atoms with Gasteiger partial charge in [0.1, 0.15) is 11.3 Å². The summed E-state index contributed by atoms with van der Waals surface area (Å²) in [6, 6.07) is 0. The van der Waals surface area contributed by atoms with E-state index in [-0.39, 0.29) is 5.60 Å². The Labute approximate surface area is 120 Å². The van der Waals surface area contributed by atoms with Crippen molar-refractivity contribution in [3.8, 4) is 5.75 Å². The average Bonchev–Trinajstić information content (AvgIpc) is 2.76. The van der Waals surface area contributed by atoms with E-state index in [0.717, 1.165) is 18.7 Å². The first-order chi connectivity index (χ1) is 9.17. The quantitative estimate of drug-likeness (QED) is 0.921. The first-order valence-electron chi connectivity index (χ1n) is 7.20. The molecule has 1 aliphatic rings. The Morgan fingerprint density at radius 2 is 2.05 bits per heavy atom. The summed E-state index contributed by atoms with van der Waals surface area (Å²) in [6.45, 7) is 10.7. The molecule has 1 saturated heterocycles. The van der Waals surface area contributed by atoms with E-state index in [1.165, 1.54) is 0 Å². The monoisotopic (exact) mass is 282 g/mol. The predicted molar refractivity (Wildman–Crippen MR) is 76.8 cm³/mol. The van der Waals surface area contributed by atoms with Gasteiger partial charge in [-0.25, -0.2) is 0 Å². The summed E-state index contributed by atoms with van der Waals surface area (Å²) in [5.41, 5.74) is -1.48. The van der Waals surface area contributed by atoms with Gasteiger partial charge in [-0.3, -0.25) is 4.68 Å². The molecule has 2 heterocycles. The second-order valence-corrected chi connectivity index (χ2v) is 6.69. The van der Waals surface area contributed by atoms with Gasteiger partial charge in [0.05, 0.1) is 24.5 Å². The van der Waals surface area contributed by atoms with Crippen molar-refractivity contribution in [2.75, 3.05) is 7.11 Å². The van der Waals surface area contributed by atoms with E-state index in [1.54, 1.807) is 13.3 Å². The van der Waals surface area contributed by atoms with Crippen molar-refractivity contribution in [3.05, 3.63) is 11.9 Å². The van der Waals surface area contributed by atoms with Gasteiger partial charge in [-0.05, 0) is 34.1 Å². The zero-order valence-corrected chi connectivity index (χ0v) is 13.4. The summed E-state index contributed by atoms with van der Waals surface area (Å²) < 4.78 is 13.3. The van der Waals surface area contributed by atoms with Crippen molar-refractivity contribution in [2.24, 2.45) is 0 Å². The number of nitrogens with zero attached hydrogens (tertiary/aromatic N) is 2. The molecule has 0 spiro atoms. The number of hydrogen-bond acceptors (Lipinski definition) is 4. The number of hydrogen-bond donors (Lipinski definition) is 1. The topological polar surface area (TPSA) is 56.5 Å². The Balaban J connectivity index is 2.56. The van der Waals surface area contributed by atoms with Gasteiger partial charge < -0.3 is 14.6 Å². The Morgan fingerprint density at radius 3 is 2.50 bits per heavy atom. The lowest BCUT2D eigenvalue weighted by Crippen LogP contribution is -2.45. The summed E-state index contributed by atoms with van der Waals surface area (Å²) in [6.07, 6.45) is 3.13. The second-order valence-electron chi connectivity index (χ2n) is 6.69. The van der Waals surface area contributed by atoms with Crippen molar-refractivity contribution in [3.63, 3.8) is 0 Å². The van der Waals surface area contributed by atoms with E-state index in [0.29, 0.717) is 12.2 Å². The Bertz CT molecular complexity index is 493. The van der Waals surface area contributed by atoms with E-state index in [9.17, 15) is 5.11 Å². The summed E-state index contributed by atoms with van der Waals surface area (Å²) in [4.78, 5) is 0. The minimum absolute atomic E-state index is 0.384. The number of rotatable bonds is 4. The van der Waals surface area contributed by atoms with Crippen LogP contribution in [0.25, 0.3) is 0 Å². The van der Waals surface area contributed by atoms with Crippen LogP contribution in [-0.4, -0.2) is 33.2 Å². The SMILES string of the molecule is CCCn1ncc(OC)c1C1(O)CC(C)(C)OC1(C)C. The van der Waals surface area contributed by atoms with Crippen molar-refractivity contribution in [2.45, 2.75) is 70.8 Å². The Kier molecular flexibility index (Phi) is 3.63. The average molecular weight is 282 g/mol. The summed E-state index contributed by atoms with van der Waals surface area (Å²) >= 11 is 0. The van der Waals surface area contributed by atoms with E-state index < -0.39 is 11.2 Å². The number of methoxy groups -OCH3 is 1. The molecule has 0 aliphatic carbocycles. The predicted octanol–water partition coefficient (Wildman–Crippen LogP) is 2.47. The van der Waals surface area contributed by atoms with Crippen LogP contribution in [0.4, 0.5) is 0 Å². The number of aromatic nitrogens is 2. The summed E-state index contributed by atoms with van der Waals surface area (Å²) in [7, 11) is 1.61. The molecule has 0 radical (unpaired) electrons. The zero-order chi connectivity index (χ0) is 15.2. The van der Waals surface area contributed by atoms with Crippen LogP contribution in [0.15, 0.2) is 6.20 Å². The third kappa shape index (κ3) is 2.23. The Morgan fingerprint density at radius 1 is 1.40 bits per heavy atom. The van der Waals surface area contributed by atoms with Crippen LogP contribution in [0, 0.1) is 0 Å². The normalized spacial score (nSPS) is 27.8. The van der Waals surface area contributed by atoms with Crippen LogP contribution >= 0.6 is 0 Å². The molecule has 1 aliphatic heterocycles. The standard InChI is InChI=1S/C15H26N2O3/c1-7-8-17-12(11(19-6)9-16-17)15(18)10-13(2,3)20-14(15,4)5/h9,18H,7-8,10H2,1-6H3. The molecule has 1 unspecified atom stereocenters. The highest BCUT2D eigenvalue weighted by Gasteiger charge is 2.59.